The van der Waals surface area contributed by atoms with Gasteiger partial charge in [0.2, 0.25) is 10.0 Å². The predicted molar refractivity (Wildman–Crippen MR) is 96.7 cm³/mol. The van der Waals surface area contributed by atoms with Crippen LogP contribution in [0.4, 0.5) is 11.4 Å². The fraction of sp³-hybridized carbons (Fsp3) is 0.562. The molecule has 138 valence electrons. The zero-order valence-corrected chi connectivity index (χ0v) is 15.1. The fourth-order valence-corrected chi connectivity index (χ4v) is 3.66. The Morgan fingerprint density at radius 3 is 2.48 bits per heavy atom. The number of nitrogens with zero attached hydrogens (tertiary/aromatic N) is 2. The Hall–Kier alpha value is -1.84. The number of ether oxygens (including phenoxy) is 1. The van der Waals surface area contributed by atoms with Crippen LogP contribution in [0, 0.1) is 0 Å². The molecule has 0 radical (unpaired) electrons. The SMILES string of the molecule is CS(=O)(=O)Nc1ccc(N2CCNCC2)c(C(=O)N2CCOCC2)c1. The normalized spacial score (nSPS) is 18.9. The van der Waals surface area contributed by atoms with E-state index in [0.29, 0.717) is 37.6 Å². The van der Waals surface area contributed by atoms with Crippen molar-refractivity contribution in [2.24, 2.45) is 0 Å². The van der Waals surface area contributed by atoms with Crippen molar-refractivity contribution in [3.63, 3.8) is 0 Å². The molecule has 25 heavy (non-hydrogen) atoms. The monoisotopic (exact) mass is 368 g/mol. The topological polar surface area (TPSA) is 91.0 Å². The highest BCUT2D eigenvalue weighted by Gasteiger charge is 2.24. The van der Waals surface area contributed by atoms with Crippen molar-refractivity contribution < 1.29 is 17.9 Å². The van der Waals surface area contributed by atoms with Crippen LogP contribution in [0.25, 0.3) is 0 Å². The van der Waals surface area contributed by atoms with Crippen molar-refractivity contribution in [3.8, 4) is 0 Å². The van der Waals surface area contributed by atoms with Crippen LogP contribution in [0.1, 0.15) is 10.4 Å². The highest BCUT2D eigenvalue weighted by Crippen LogP contribution is 2.27. The predicted octanol–water partition coefficient (Wildman–Crippen LogP) is -0.0599. The van der Waals surface area contributed by atoms with Gasteiger partial charge >= 0.3 is 0 Å². The van der Waals surface area contributed by atoms with Crippen molar-refractivity contribution in [2.75, 3.05) is 68.4 Å². The van der Waals surface area contributed by atoms with Crippen LogP contribution < -0.4 is 14.9 Å². The third-order valence-electron chi connectivity index (χ3n) is 4.29. The quantitative estimate of drug-likeness (QED) is 0.774. The lowest BCUT2D eigenvalue weighted by Crippen LogP contribution is -2.45. The number of rotatable bonds is 4. The summed E-state index contributed by atoms with van der Waals surface area (Å²) in [6.45, 7) is 5.46. The first kappa shape index (κ1) is 18.0. The van der Waals surface area contributed by atoms with Crippen LogP contribution in [0.5, 0.6) is 0 Å². The summed E-state index contributed by atoms with van der Waals surface area (Å²) in [6.07, 6.45) is 1.10. The maximum atomic E-state index is 13.0. The fourth-order valence-electron chi connectivity index (χ4n) is 3.10. The molecule has 0 unspecified atom stereocenters. The summed E-state index contributed by atoms with van der Waals surface area (Å²) in [5.41, 5.74) is 1.77. The van der Waals surface area contributed by atoms with E-state index in [9.17, 15) is 13.2 Å². The van der Waals surface area contributed by atoms with E-state index in [4.69, 9.17) is 4.74 Å². The van der Waals surface area contributed by atoms with Crippen molar-refractivity contribution in [1.82, 2.24) is 10.2 Å². The summed E-state index contributed by atoms with van der Waals surface area (Å²) in [5.74, 6) is -0.0889. The zero-order chi connectivity index (χ0) is 17.9. The van der Waals surface area contributed by atoms with Crippen LogP contribution >= 0.6 is 0 Å². The third kappa shape index (κ3) is 4.62. The number of hydrogen-bond acceptors (Lipinski definition) is 6. The molecule has 0 spiro atoms. The lowest BCUT2D eigenvalue weighted by molar-refractivity contribution is 0.0303. The maximum absolute atomic E-state index is 13.0. The van der Waals surface area contributed by atoms with Gasteiger partial charge in [-0.05, 0) is 18.2 Å². The van der Waals surface area contributed by atoms with Gasteiger partial charge in [-0.3, -0.25) is 9.52 Å². The minimum absolute atomic E-state index is 0.0889. The second-order valence-corrected chi connectivity index (χ2v) is 8.00. The Morgan fingerprint density at radius 1 is 1.16 bits per heavy atom. The number of amides is 1. The summed E-state index contributed by atoms with van der Waals surface area (Å²) in [5, 5.41) is 3.29. The highest BCUT2D eigenvalue weighted by atomic mass is 32.2. The van der Waals surface area contributed by atoms with Crippen LogP contribution in [0.15, 0.2) is 18.2 Å². The molecule has 1 aromatic carbocycles. The average Bonchev–Trinajstić information content (AvgIpc) is 2.61. The highest BCUT2D eigenvalue weighted by molar-refractivity contribution is 7.92. The first-order chi connectivity index (χ1) is 11.9. The third-order valence-corrected chi connectivity index (χ3v) is 4.89. The number of hydrogen-bond donors (Lipinski definition) is 2. The minimum atomic E-state index is -3.40. The molecule has 0 aromatic heterocycles. The molecule has 1 aromatic rings. The summed E-state index contributed by atoms with van der Waals surface area (Å²) in [4.78, 5) is 17.0. The van der Waals surface area contributed by atoms with E-state index in [1.165, 1.54) is 0 Å². The molecule has 0 atom stereocenters. The van der Waals surface area contributed by atoms with Gasteiger partial charge in [0.05, 0.1) is 25.0 Å². The molecule has 0 saturated carbocycles. The summed E-state index contributed by atoms with van der Waals surface area (Å²) < 4.78 is 30.8. The minimum Gasteiger partial charge on any atom is -0.378 e. The average molecular weight is 368 g/mol. The Bertz CT molecular complexity index is 726. The van der Waals surface area contributed by atoms with Crippen molar-refractivity contribution in [2.45, 2.75) is 0 Å². The van der Waals surface area contributed by atoms with Gasteiger partial charge in [-0.15, -0.1) is 0 Å². The Balaban J connectivity index is 1.94. The zero-order valence-electron chi connectivity index (χ0n) is 14.3. The molecule has 2 aliphatic heterocycles. The van der Waals surface area contributed by atoms with Crippen LogP contribution in [0.2, 0.25) is 0 Å². The van der Waals surface area contributed by atoms with Crippen LogP contribution in [-0.2, 0) is 14.8 Å². The number of morpholine rings is 1. The number of carbonyl (C=O) groups excluding carboxylic acids is 1. The first-order valence-electron chi connectivity index (χ1n) is 8.38. The number of piperazine rings is 1. The van der Waals surface area contributed by atoms with Crippen molar-refractivity contribution in [3.05, 3.63) is 23.8 Å². The molecular formula is C16H24N4O4S. The molecule has 8 nitrogen and oxygen atoms in total. The second kappa shape index (κ2) is 7.59. The lowest BCUT2D eigenvalue weighted by atomic mass is 10.1. The number of carbonyl (C=O) groups is 1. The molecule has 2 saturated heterocycles. The Kier molecular flexibility index (Phi) is 5.45. The maximum Gasteiger partial charge on any atom is 0.256 e. The molecule has 9 heteroatoms. The van der Waals surface area contributed by atoms with E-state index in [0.717, 1.165) is 38.1 Å². The molecule has 2 fully saturated rings. The second-order valence-electron chi connectivity index (χ2n) is 6.25. The van der Waals surface area contributed by atoms with Crippen molar-refractivity contribution >= 4 is 27.3 Å². The van der Waals surface area contributed by atoms with E-state index in [1.807, 2.05) is 6.07 Å². The van der Waals surface area contributed by atoms with E-state index >= 15 is 0 Å². The largest absolute Gasteiger partial charge is 0.378 e. The Labute approximate surface area is 148 Å². The number of nitrogens with one attached hydrogen (secondary N) is 2. The van der Waals surface area contributed by atoms with E-state index in [-0.39, 0.29) is 5.91 Å². The molecule has 2 heterocycles. The van der Waals surface area contributed by atoms with Crippen LogP contribution in [0.3, 0.4) is 0 Å². The van der Waals surface area contributed by atoms with Gasteiger partial charge < -0.3 is 19.9 Å². The molecule has 0 aliphatic carbocycles. The summed E-state index contributed by atoms with van der Waals surface area (Å²) in [6, 6.07) is 5.16. The lowest BCUT2D eigenvalue weighted by Gasteiger charge is -2.33. The molecule has 0 bridgehead atoms. The van der Waals surface area contributed by atoms with Crippen LogP contribution in [-0.4, -0.2) is 78.0 Å². The number of sulfonamides is 1. The standard InChI is InChI=1S/C16H24N4O4S/c1-25(22,23)18-13-2-3-15(19-6-4-17-5-7-19)14(12-13)16(21)20-8-10-24-11-9-20/h2-3,12,17-18H,4-11H2,1H3. The molecule has 1 amide bonds. The molecule has 2 aliphatic rings. The van der Waals surface area contributed by atoms with Gasteiger partial charge in [0, 0.05) is 50.6 Å². The van der Waals surface area contributed by atoms with Gasteiger partial charge in [0.15, 0.2) is 0 Å². The van der Waals surface area contributed by atoms with Crippen molar-refractivity contribution in [1.29, 1.82) is 0 Å². The van der Waals surface area contributed by atoms with E-state index in [1.54, 1.807) is 17.0 Å². The van der Waals surface area contributed by atoms with Gasteiger partial charge in [-0.1, -0.05) is 0 Å². The smallest absolute Gasteiger partial charge is 0.256 e. The first-order valence-corrected chi connectivity index (χ1v) is 10.3. The Morgan fingerprint density at radius 2 is 1.84 bits per heavy atom. The molecule has 3 rings (SSSR count). The summed E-state index contributed by atoms with van der Waals surface area (Å²) in [7, 11) is -3.40. The molecular weight excluding hydrogens is 344 g/mol. The van der Waals surface area contributed by atoms with Gasteiger partial charge in [0.1, 0.15) is 0 Å². The number of benzene rings is 1. The molecule has 2 N–H and O–H groups in total. The van der Waals surface area contributed by atoms with E-state index in [2.05, 4.69) is 14.9 Å². The van der Waals surface area contributed by atoms with Gasteiger partial charge in [-0.2, -0.15) is 0 Å². The van der Waals surface area contributed by atoms with Gasteiger partial charge in [0.25, 0.3) is 5.91 Å². The van der Waals surface area contributed by atoms with E-state index < -0.39 is 10.0 Å². The summed E-state index contributed by atoms with van der Waals surface area (Å²) >= 11 is 0. The number of anilines is 2. The van der Waals surface area contributed by atoms with Gasteiger partial charge in [-0.25, -0.2) is 8.42 Å².